The van der Waals surface area contributed by atoms with Gasteiger partial charge in [0.25, 0.3) is 5.91 Å². The summed E-state index contributed by atoms with van der Waals surface area (Å²) >= 11 is 0. The van der Waals surface area contributed by atoms with Gasteiger partial charge in [-0.2, -0.15) is 0 Å². The molecule has 1 fully saturated rings. The number of hydrogen-bond acceptors (Lipinski definition) is 5. The largest absolute Gasteiger partial charge is 0.493 e. The van der Waals surface area contributed by atoms with Crippen molar-refractivity contribution < 1.29 is 23.9 Å². The van der Waals surface area contributed by atoms with Crippen LogP contribution in [0, 0.1) is 5.92 Å². The summed E-state index contributed by atoms with van der Waals surface area (Å²) in [6.45, 7) is 5.02. The maximum atomic E-state index is 13.0. The minimum atomic E-state index is -0.688. The number of methoxy groups -OCH3 is 1. The molecular formula is C27H33N3O5. The molecule has 8 nitrogen and oxygen atoms in total. The summed E-state index contributed by atoms with van der Waals surface area (Å²) in [5, 5.41) is 5.53. The molecule has 2 aliphatic rings. The van der Waals surface area contributed by atoms with E-state index < -0.39 is 6.04 Å². The predicted octanol–water partition coefficient (Wildman–Crippen LogP) is 3.21. The Bertz CT molecular complexity index is 1100. The van der Waals surface area contributed by atoms with Crippen molar-refractivity contribution in [3.05, 3.63) is 59.2 Å². The van der Waals surface area contributed by atoms with Crippen LogP contribution in [-0.4, -0.2) is 48.9 Å². The Kier molecular flexibility index (Phi) is 7.58. The van der Waals surface area contributed by atoms with Gasteiger partial charge in [0.05, 0.1) is 20.3 Å². The zero-order chi connectivity index (χ0) is 24.9. The molecule has 0 aromatic heterocycles. The lowest BCUT2D eigenvalue weighted by molar-refractivity contribution is -0.129. The highest BCUT2D eigenvalue weighted by Gasteiger charge is 2.47. The molecule has 1 unspecified atom stereocenters. The summed E-state index contributed by atoms with van der Waals surface area (Å²) in [6.07, 6.45) is 2.75. The number of hydrogen-bond donors (Lipinski definition) is 2. The Morgan fingerprint density at radius 2 is 1.86 bits per heavy atom. The van der Waals surface area contributed by atoms with Crippen LogP contribution in [0.25, 0.3) is 0 Å². The van der Waals surface area contributed by atoms with Crippen molar-refractivity contribution in [2.45, 2.75) is 51.7 Å². The number of carbonyl (C=O) groups is 3. The monoisotopic (exact) mass is 479 g/mol. The molecule has 0 bridgehead atoms. The molecule has 2 aromatic carbocycles. The van der Waals surface area contributed by atoms with E-state index in [4.69, 9.17) is 9.47 Å². The highest BCUT2D eigenvalue weighted by molar-refractivity contribution is 6.05. The Labute approximate surface area is 206 Å². The topological polar surface area (TPSA) is 97.0 Å². The molecule has 3 amide bonds. The summed E-state index contributed by atoms with van der Waals surface area (Å²) in [5.41, 5.74) is 2.12. The summed E-state index contributed by atoms with van der Waals surface area (Å²) in [7, 11) is 1.58. The van der Waals surface area contributed by atoms with Crippen molar-refractivity contribution >= 4 is 17.7 Å². The predicted molar refractivity (Wildman–Crippen MR) is 131 cm³/mol. The van der Waals surface area contributed by atoms with Crippen LogP contribution in [0.3, 0.4) is 0 Å². The lowest BCUT2D eigenvalue weighted by atomic mass is 10.0. The second-order valence-electron chi connectivity index (χ2n) is 9.44. The number of nitrogens with one attached hydrogen (secondary N) is 2. The van der Waals surface area contributed by atoms with Gasteiger partial charge in [-0.25, -0.2) is 0 Å². The van der Waals surface area contributed by atoms with E-state index in [1.807, 2.05) is 30.3 Å². The van der Waals surface area contributed by atoms with Crippen molar-refractivity contribution in [3.63, 3.8) is 0 Å². The number of nitrogens with zero attached hydrogens (tertiary/aromatic N) is 1. The average Bonchev–Trinajstić information content (AvgIpc) is 3.65. The molecule has 1 heterocycles. The van der Waals surface area contributed by atoms with Crippen LogP contribution >= 0.6 is 0 Å². The molecule has 2 aromatic rings. The van der Waals surface area contributed by atoms with Crippen LogP contribution in [0.1, 0.15) is 60.6 Å². The number of fused-ring (bicyclic) bond motifs is 1. The standard InChI is InChI=1S/C27H33N3O5/c1-17(2)12-13-35-22-11-8-18(14-23(22)34-3)15-28-24(31)16-29-26(32)25-20-6-4-5-7-21(20)27(33)30(25)19-9-10-19/h4-8,11,14,17,19,25H,9-10,12-13,15-16H2,1-3H3,(H,28,31)(H,29,32). The molecule has 35 heavy (non-hydrogen) atoms. The van der Waals surface area contributed by atoms with Gasteiger partial charge in [-0.05, 0) is 54.5 Å². The SMILES string of the molecule is COc1cc(CNC(=O)CNC(=O)C2c3ccccc3C(=O)N2C2CC2)ccc1OCCC(C)C. The van der Waals surface area contributed by atoms with Crippen molar-refractivity contribution in [3.8, 4) is 11.5 Å². The maximum absolute atomic E-state index is 13.0. The molecule has 2 N–H and O–H groups in total. The molecule has 0 radical (unpaired) electrons. The van der Waals surface area contributed by atoms with Gasteiger partial charge in [0.15, 0.2) is 11.5 Å². The van der Waals surface area contributed by atoms with Crippen molar-refractivity contribution in [2.75, 3.05) is 20.3 Å². The molecule has 186 valence electrons. The zero-order valence-electron chi connectivity index (χ0n) is 20.5. The lowest BCUT2D eigenvalue weighted by Gasteiger charge is -2.24. The van der Waals surface area contributed by atoms with Gasteiger partial charge in [0, 0.05) is 18.2 Å². The first-order chi connectivity index (χ1) is 16.9. The van der Waals surface area contributed by atoms with E-state index in [1.165, 1.54) is 0 Å². The minimum Gasteiger partial charge on any atom is -0.493 e. The fourth-order valence-corrected chi connectivity index (χ4v) is 4.21. The molecule has 1 aliphatic carbocycles. The molecule has 1 aliphatic heterocycles. The first kappa shape index (κ1) is 24.6. The van der Waals surface area contributed by atoms with Gasteiger partial charge in [-0.1, -0.05) is 38.1 Å². The molecule has 4 rings (SSSR count). The van der Waals surface area contributed by atoms with Crippen LogP contribution in [0.4, 0.5) is 0 Å². The molecule has 0 saturated heterocycles. The van der Waals surface area contributed by atoms with E-state index in [2.05, 4.69) is 24.5 Å². The highest BCUT2D eigenvalue weighted by atomic mass is 16.5. The zero-order valence-corrected chi connectivity index (χ0v) is 20.5. The van der Waals surface area contributed by atoms with Gasteiger partial charge in [-0.15, -0.1) is 0 Å². The van der Waals surface area contributed by atoms with Crippen LogP contribution in [0.5, 0.6) is 11.5 Å². The van der Waals surface area contributed by atoms with Crippen molar-refractivity contribution in [2.24, 2.45) is 5.92 Å². The fourth-order valence-electron chi connectivity index (χ4n) is 4.21. The number of amides is 3. The number of benzene rings is 2. The molecule has 0 spiro atoms. The van der Waals surface area contributed by atoms with E-state index in [0.717, 1.165) is 24.8 Å². The third kappa shape index (κ3) is 5.75. The Morgan fingerprint density at radius 3 is 2.57 bits per heavy atom. The Morgan fingerprint density at radius 1 is 1.09 bits per heavy atom. The number of carbonyl (C=O) groups excluding carboxylic acids is 3. The van der Waals surface area contributed by atoms with Crippen molar-refractivity contribution in [1.29, 1.82) is 0 Å². The third-order valence-corrected chi connectivity index (χ3v) is 6.28. The van der Waals surface area contributed by atoms with Crippen LogP contribution in [0.15, 0.2) is 42.5 Å². The first-order valence-corrected chi connectivity index (χ1v) is 12.1. The minimum absolute atomic E-state index is 0.0896. The van der Waals surface area contributed by atoms with Gasteiger partial charge in [0.1, 0.15) is 6.04 Å². The van der Waals surface area contributed by atoms with E-state index in [0.29, 0.717) is 35.2 Å². The maximum Gasteiger partial charge on any atom is 0.255 e. The van der Waals surface area contributed by atoms with E-state index in [9.17, 15) is 14.4 Å². The van der Waals surface area contributed by atoms with Gasteiger partial charge < -0.3 is 25.0 Å². The summed E-state index contributed by atoms with van der Waals surface area (Å²) in [6, 6.07) is 12.1. The lowest BCUT2D eigenvalue weighted by Crippen LogP contribution is -2.43. The van der Waals surface area contributed by atoms with Crippen LogP contribution < -0.4 is 20.1 Å². The highest BCUT2D eigenvalue weighted by Crippen LogP contribution is 2.41. The third-order valence-electron chi connectivity index (χ3n) is 6.28. The summed E-state index contributed by atoms with van der Waals surface area (Å²) < 4.78 is 11.2. The van der Waals surface area contributed by atoms with Crippen LogP contribution in [0.2, 0.25) is 0 Å². The van der Waals surface area contributed by atoms with E-state index in [-0.39, 0.29) is 36.9 Å². The normalized spacial score (nSPS) is 16.7. The number of rotatable bonds is 11. The quantitative estimate of drug-likeness (QED) is 0.516. The molecule has 8 heteroatoms. The van der Waals surface area contributed by atoms with Gasteiger partial charge >= 0.3 is 0 Å². The smallest absolute Gasteiger partial charge is 0.255 e. The summed E-state index contributed by atoms with van der Waals surface area (Å²) in [4.78, 5) is 39.9. The average molecular weight is 480 g/mol. The second kappa shape index (κ2) is 10.8. The molecule has 1 saturated carbocycles. The Balaban J connectivity index is 1.30. The van der Waals surface area contributed by atoms with Gasteiger partial charge in [0.2, 0.25) is 11.8 Å². The first-order valence-electron chi connectivity index (χ1n) is 12.1. The van der Waals surface area contributed by atoms with Crippen LogP contribution in [-0.2, 0) is 16.1 Å². The van der Waals surface area contributed by atoms with E-state index >= 15 is 0 Å². The molecule has 1 atom stereocenters. The Hall–Kier alpha value is -3.55. The second-order valence-corrected chi connectivity index (χ2v) is 9.44. The van der Waals surface area contributed by atoms with Crippen molar-refractivity contribution in [1.82, 2.24) is 15.5 Å². The molecular weight excluding hydrogens is 446 g/mol. The number of ether oxygens (including phenoxy) is 2. The van der Waals surface area contributed by atoms with E-state index in [1.54, 1.807) is 24.1 Å². The summed E-state index contributed by atoms with van der Waals surface area (Å²) in [5.74, 6) is 1.07. The van der Waals surface area contributed by atoms with Gasteiger partial charge in [-0.3, -0.25) is 14.4 Å². The fraction of sp³-hybridized carbons (Fsp3) is 0.444.